The minimum absolute atomic E-state index is 0.0161. The van der Waals surface area contributed by atoms with Crippen LogP contribution in [0.3, 0.4) is 0 Å². The summed E-state index contributed by atoms with van der Waals surface area (Å²) in [4.78, 5) is 14.4. The van der Waals surface area contributed by atoms with Gasteiger partial charge in [0, 0.05) is 9.75 Å². The molecule has 0 aliphatic carbocycles. The molecule has 1 atom stereocenters. The lowest BCUT2D eigenvalue weighted by molar-refractivity contribution is 0.0939. The van der Waals surface area contributed by atoms with Gasteiger partial charge in [-0.05, 0) is 38.5 Å². The third kappa shape index (κ3) is 2.58. The molecule has 0 spiro atoms. The van der Waals surface area contributed by atoms with Gasteiger partial charge in [-0.25, -0.2) is 0 Å². The van der Waals surface area contributed by atoms with Gasteiger partial charge in [0.25, 0.3) is 5.91 Å². The van der Waals surface area contributed by atoms with E-state index in [1.54, 1.807) is 17.4 Å². The maximum atomic E-state index is 11.8. The zero-order valence-electron chi connectivity index (χ0n) is 10.1. The summed E-state index contributed by atoms with van der Waals surface area (Å²) >= 11 is 1.75. The first kappa shape index (κ1) is 11.9. The van der Waals surface area contributed by atoms with Crippen molar-refractivity contribution < 1.29 is 9.21 Å². The van der Waals surface area contributed by atoms with Crippen LogP contribution >= 0.6 is 11.3 Å². The van der Waals surface area contributed by atoms with E-state index in [-0.39, 0.29) is 11.9 Å². The third-order valence-corrected chi connectivity index (χ3v) is 3.66. The monoisotopic (exact) mass is 249 g/mol. The van der Waals surface area contributed by atoms with Crippen LogP contribution in [-0.4, -0.2) is 5.91 Å². The van der Waals surface area contributed by atoms with Crippen molar-refractivity contribution in [3.8, 4) is 0 Å². The number of carbonyl (C=O) groups excluding carboxylic acids is 1. The van der Waals surface area contributed by atoms with Gasteiger partial charge in [0.15, 0.2) is 0 Å². The Morgan fingerprint density at radius 3 is 2.76 bits per heavy atom. The van der Waals surface area contributed by atoms with Crippen LogP contribution in [0.1, 0.15) is 38.6 Å². The Morgan fingerprint density at radius 1 is 1.47 bits per heavy atom. The Hall–Kier alpha value is -1.55. The van der Waals surface area contributed by atoms with Crippen LogP contribution in [0.4, 0.5) is 0 Å². The van der Waals surface area contributed by atoms with Gasteiger partial charge in [0.2, 0.25) is 0 Å². The van der Waals surface area contributed by atoms with Crippen LogP contribution in [0.5, 0.6) is 0 Å². The summed E-state index contributed by atoms with van der Waals surface area (Å²) in [6.07, 6.45) is 2.95. The summed E-state index contributed by atoms with van der Waals surface area (Å²) in [5.41, 5.74) is 1.74. The second kappa shape index (κ2) is 4.75. The van der Waals surface area contributed by atoms with Crippen molar-refractivity contribution in [1.29, 1.82) is 0 Å². The maximum absolute atomic E-state index is 11.8. The van der Waals surface area contributed by atoms with Crippen molar-refractivity contribution in [3.05, 3.63) is 45.5 Å². The van der Waals surface area contributed by atoms with Crippen molar-refractivity contribution >= 4 is 17.2 Å². The van der Waals surface area contributed by atoms with Crippen LogP contribution in [0, 0.1) is 13.8 Å². The number of aryl methyl sites for hydroxylation is 2. The lowest BCUT2D eigenvalue weighted by Gasteiger charge is -2.13. The number of furan rings is 1. The molecular weight excluding hydrogens is 234 g/mol. The Kier molecular flexibility index (Phi) is 3.33. The molecule has 0 fully saturated rings. The number of thiophene rings is 1. The lowest BCUT2D eigenvalue weighted by atomic mass is 10.1. The van der Waals surface area contributed by atoms with E-state index >= 15 is 0 Å². The molecule has 0 saturated carbocycles. The smallest absolute Gasteiger partial charge is 0.255 e. The van der Waals surface area contributed by atoms with E-state index in [0.717, 1.165) is 0 Å². The third-order valence-electron chi connectivity index (χ3n) is 2.68. The highest BCUT2D eigenvalue weighted by Gasteiger charge is 2.15. The average Bonchev–Trinajstić information content (AvgIpc) is 2.87. The average molecular weight is 249 g/mol. The fraction of sp³-hybridized carbons (Fsp3) is 0.308. The highest BCUT2D eigenvalue weighted by molar-refractivity contribution is 7.12. The van der Waals surface area contributed by atoms with E-state index in [9.17, 15) is 4.79 Å². The zero-order chi connectivity index (χ0) is 12.4. The number of hydrogen-bond acceptors (Lipinski definition) is 3. The molecule has 0 aliphatic rings. The minimum atomic E-state index is -0.102. The Balaban J connectivity index is 2.09. The van der Waals surface area contributed by atoms with E-state index in [1.165, 1.54) is 27.8 Å². The highest BCUT2D eigenvalue weighted by Crippen LogP contribution is 2.26. The van der Waals surface area contributed by atoms with Crippen LogP contribution in [0.25, 0.3) is 0 Å². The van der Waals surface area contributed by atoms with Gasteiger partial charge in [-0.3, -0.25) is 4.79 Å². The molecule has 0 unspecified atom stereocenters. The molecule has 1 amide bonds. The fourth-order valence-electron chi connectivity index (χ4n) is 1.83. The molecule has 0 bridgehead atoms. The topological polar surface area (TPSA) is 42.2 Å². The fourth-order valence-corrected chi connectivity index (χ4v) is 2.85. The normalized spacial score (nSPS) is 12.4. The van der Waals surface area contributed by atoms with Gasteiger partial charge in [-0.2, -0.15) is 0 Å². The molecule has 90 valence electrons. The van der Waals surface area contributed by atoms with Gasteiger partial charge < -0.3 is 9.73 Å². The summed E-state index contributed by atoms with van der Waals surface area (Å²) in [7, 11) is 0. The molecule has 0 saturated heterocycles. The van der Waals surface area contributed by atoms with Gasteiger partial charge in [-0.15, -0.1) is 11.3 Å². The first-order valence-electron chi connectivity index (χ1n) is 5.48. The molecule has 2 aromatic rings. The number of rotatable bonds is 3. The van der Waals surface area contributed by atoms with Crippen molar-refractivity contribution in [2.75, 3.05) is 0 Å². The van der Waals surface area contributed by atoms with E-state index in [0.29, 0.717) is 5.56 Å². The molecule has 0 aromatic carbocycles. The molecule has 2 rings (SSSR count). The summed E-state index contributed by atoms with van der Waals surface area (Å²) in [6, 6.07) is 3.80. The number of nitrogens with one attached hydrogen (secondary N) is 1. The molecule has 0 radical (unpaired) electrons. The number of amides is 1. The van der Waals surface area contributed by atoms with Crippen molar-refractivity contribution in [1.82, 2.24) is 5.32 Å². The molecule has 4 heteroatoms. The van der Waals surface area contributed by atoms with Gasteiger partial charge in [0.05, 0.1) is 17.9 Å². The zero-order valence-corrected chi connectivity index (χ0v) is 10.9. The molecule has 1 N–H and O–H groups in total. The predicted molar refractivity (Wildman–Crippen MR) is 68.4 cm³/mol. The quantitative estimate of drug-likeness (QED) is 0.905. The lowest BCUT2D eigenvalue weighted by Crippen LogP contribution is -2.26. The van der Waals surface area contributed by atoms with Crippen LogP contribution in [-0.2, 0) is 0 Å². The Labute approximate surface area is 104 Å². The van der Waals surface area contributed by atoms with E-state index in [2.05, 4.69) is 25.2 Å². The summed E-state index contributed by atoms with van der Waals surface area (Å²) in [5.74, 6) is -0.102. The van der Waals surface area contributed by atoms with Crippen molar-refractivity contribution in [2.24, 2.45) is 0 Å². The first-order chi connectivity index (χ1) is 8.08. The highest BCUT2D eigenvalue weighted by atomic mass is 32.1. The van der Waals surface area contributed by atoms with E-state index in [4.69, 9.17) is 4.42 Å². The van der Waals surface area contributed by atoms with Gasteiger partial charge in [0.1, 0.15) is 6.26 Å². The van der Waals surface area contributed by atoms with Gasteiger partial charge >= 0.3 is 0 Å². The molecule has 0 aliphatic heterocycles. The Morgan fingerprint density at radius 2 is 2.24 bits per heavy atom. The largest absolute Gasteiger partial charge is 0.472 e. The van der Waals surface area contributed by atoms with E-state index < -0.39 is 0 Å². The Bertz CT molecular complexity index is 514. The van der Waals surface area contributed by atoms with Crippen molar-refractivity contribution in [2.45, 2.75) is 26.8 Å². The maximum Gasteiger partial charge on any atom is 0.255 e. The molecule has 3 nitrogen and oxygen atoms in total. The molecule has 2 aromatic heterocycles. The minimum Gasteiger partial charge on any atom is -0.472 e. The van der Waals surface area contributed by atoms with Crippen LogP contribution in [0.2, 0.25) is 0 Å². The standard InChI is InChI=1S/C13H15NO2S/c1-8-6-12(10(3)17-8)9(2)14-13(15)11-4-5-16-7-11/h4-7,9H,1-3H3,(H,14,15)/t9-/m0/s1. The second-order valence-electron chi connectivity index (χ2n) is 4.08. The number of carbonyl (C=O) groups is 1. The second-order valence-corrected chi connectivity index (χ2v) is 5.54. The SMILES string of the molecule is Cc1cc([C@H](C)NC(=O)c2ccoc2)c(C)s1. The summed E-state index contributed by atoms with van der Waals surface area (Å²) in [5, 5.41) is 2.96. The number of hydrogen-bond donors (Lipinski definition) is 1. The van der Waals surface area contributed by atoms with Crippen LogP contribution in [0.15, 0.2) is 29.1 Å². The van der Waals surface area contributed by atoms with Crippen molar-refractivity contribution in [3.63, 3.8) is 0 Å². The predicted octanol–water partition coefficient (Wildman–Crippen LogP) is 3.45. The summed E-state index contributed by atoms with van der Waals surface area (Å²) in [6.45, 7) is 6.14. The summed E-state index contributed by atoms with van der Waals surface area (Å²) < 4.78 is 4.89. The van der Waals surface area contributed by atoms with Gasteiger partial charge in [-0.1, -0.05) is 0 Å². The van der Waals surface area contributed by atoms with E-state index in [1.807, 2.05) is 6.92 Å². The molecular formula is C13H15NO2S. The molecule has 2 heterocycles. The molecule has 17 heavy (non-hydrogen) atoms. The van der Waals surface area contributed by atoms with Crippen LogP contribution < -0.4 is 5.32 Å². The first-order valence-corrected chi connectivity index (χ1v) is 6.29.